The highest BCUT2D eigenvalue weighted by Crippen LogP contribution is 2.35. The fourth-order valence-electron chi connectivity index (χ4n) is 6.31. The summed E-state index contributed by atoms with van der Waals surface area (Å²) in [6, 6.07) is 40.6. The number of rotatable bonds is 9. The van der Waals surface area contributed by atoms with Gasteiger partial charge in [0.1, 0.15) is 17.5 Å². The van der Waals surface area contributed by atoms with Crippen LogP contribution in [0.3, 0.4) is 0 Å². The molecular weight excluding hydrogens is 679 g/mol. The number of aromatic nitrogens is 9. The highest BCUT2D eigenvalue weighted by Gasteiger charge is 2.20. The van der Waals surface area contributed by atoms with Gasteiger partial charge in [-0.05, 0) is 29.0 Å². The summed E-state index contributed by atoms with van der Waals surface area (Å²) < 4.78 is 0. The summed E-state index contributed by atoms with van der Waals surface area (Å²) in [5.74, 6) is 6.20. The summed E-state index contributed by atoms with van der Waals surface area (Å²) in [4.78, 5) is 44.7. The molecular formula is C46H41N9. The van der Waals surface area contributed by atoms with Crippen molar-refractivity contribution in [2.75, 3.05) is 0 Å². The number of hydrogen-bond acceptors (Lipinski definition) is 9. The average Bonchev–Trinajstić information content (AvgIpc) is 3.23. The van der Waals surface area contributed by atoms with Crippen LogP contribution in [0.4, 0.5) is 0 Å². The average molecular weight is 720 g/mol. The summed E-state index contributed by atoms with van der Waals surface area (Å²) in [5.41, 5.74) is 5.20. The van der Waals surface area contributed by atoms with Gasteiger partial charge in [-0.3, -0.25) is 0 Å². The van der Waals surface area contributed by atoms with Crippen LogP contribution < -0.4 is 0 Å². The molecule has 9 heteroatoms. The van der Waals surface area contributed by atoms with E-state index in [0.717, 1.165) is 61.6 Å². The van der Waals surface area contributed by atoms with Crippen molar-refractivity contribution >= 4 is 10.8 Å². The number of benzene rings is 5. The van der Waals surface area contributed by atoms with Gasteiger partial charge in [0.05, 0.1) is 0 Å². The molecule has 3 heterocycles. The Morgan fingerprint density at radius 3 is 1.25 bits per heavy atom. The molecule has 5 aromatic carbocycles. The quantitative estimate of drug-likeness (QED) is 0.144. The molecule has 0 saturated heterocycles. The van der Waals surface area contributed by atoms with Crippen LogP contribution in [-0.4, -0.2) is 44.9 Å². The van der Waals surface area contributed by atoms with Crippen molar-refractivity contribution in [2.24, 2.45) is 0 Å². The van der Waals surface area contributed by atoms with Gasteiger partial charge in [-0.15, -0.1) is 0 Å². The molecule has 0 spiro atoms. The maximum absolute atomic E-state index is 5.19. The maximum Gasteiger partial charge on any atom is 0.164 e. The van der Waals surface area contributed by atoms with Crippen molar-refractivity contribution in [3.8, 4) is 68.3 Å². The van der Waals surface area contributed by atoms with E-state index in [1.165, 1.54) is 0 Å². The van der Waals surface area contributed by atoms with E-state index < -0.39 is 0 Å². The molecule has 0 fully saturated rings. The van der Waals surface area contributed by atoms with Crippen LogP contribution in [0.15, 0.2) is 121 Å². The van der Waals surface area contributed by atoms with Gasteiger partial charge in [0.2, 0.25) is 0 Å². The van der Waals surface area contributed by atoms with Gasteiger partial charge < -0.3 is 0 Å². The number of nitrogens with zero attached hydrogens (tertiary/aromatic N) is 9. The third kappa shape index (κ3) is 7.46. The van der Waals surface area contributed by atoms with E-state index in [1.54, 1.807) is 0 Å². The normalized spacial score (nSPS) is 11.6. The molecule has 0 unspecified atom stereocenters. The van der Waals surface area contributed by atoms with E-state index in [9.17, 15) is 0 Å². The van der Waals surface area contributed by atoms with Crippen molar-refractivity contribution in [1.82, 2.24) is 44.9 Å². The van der Waals surface area contributed by atoms with Gasteiger partial charge >= 0.3 is 0 Å². The highest BCUT2D eigenvalue weighted by molar-refractivity contribution is 5.98. The van der Waals surface area contributed by atoms with Crippen LogP contribution in [0.2, 0.25) is 0 Å². The van der Waals surface area contributed by atoms with E-state index in [4.69, 9.17) is 44.9 Å². The monoisotopic (exact) mass is 719 g/mol. The van der Waals surface area contributed by atoms with Crippen molar-refractivity contribution in [3.05, 3.63) is 139 Å². The van der Waals surface area contributed by atoms with Crippen LogP contribution >= 0.6 is 0 Å². The molecule has 0 aliphatic heterocycles. The second-order valence-corrected chi connectivity index (χ2v) is 14.5. The molecule has 9 nitrogen and oxygen atoms in total. The van der Waals surface area contributed by atoms with Crippen LogP contribution in [-0.2, 0) is 0 Å². The highest BCUT2D eigenvalue weighted by atomic mass is 15.1. The van der Waals surface area contributed by atoms with Crippen LogP contribution in [0.25, 0.3) is 79.1 Å². The molecule has 8 rings (SSSR count). The minimum atomic E-state index is 0.103. The van der Waals surface area contributed by atoms with Crippen LogP contribution in [0, 0.1) is 0 Å². The van der Waals surface area contributed by atoms with Gasteiger partial charge in [0.15, 0.2) is 34.9 Å². The lowest BCUT2D eigenvalue weighted by atomic mass is 9.99. The Morgan fingerprint density at radius 2 is 0.709 bits per heavy atom. The zero-order valence-corrected chi connectivity index (χ0v) is 31.8. The predicted molar refractivity (Wildman–Crippen MR) is 219 cm³/mol. The van der Waals surface area contributed by atoms with Crippen molar-refractivity contribution in [3.63, 3.8) is 0 Å². The van der Waals surface area contributed by atoms with Crippen molar-refractivity contribution in [1.29, 1.82) is 0 Å². The van der Waals surface area contributed by atoms with Gasteiger partial charge in [-0.2, -0.15) is 0 Å². The smallest absolute Gasteiger partial charge is 0.164 e. The molecule has 270 valence electrons. The minimum Gasteiger partial charge on any atom is -0.217 e. The Kier molecular flexibility index (Phi) is 9.68. The third-order valence-electron chi connectivity index (χ3n) is 9.31. The van der Waals surface area contributed by atoms with E-state index in [0.29, 0.717) is 34.9 Å². The van der Waals surface area contributed by atoms with E-state index >= 15 is 0 Å². The first kappa shape index (κ1) is 35.4. The van der Waals surface area contributed by atoms with Gasteiger partial charge in [0, 0.05) is 51.1 Å². The van der Waals surface area contributed by atoms with Gasteiger partial charge in [0.25, 0.3) is 0 Å². The molecule has 8 aromatic rings. The molecule has 0 N–H and O–H groups in total. The Labute approximate surface area is 321 Å². The molecule has 0 aliphatic rings. The molecule has 0 atom stereocenters. The summed E-state index contributed by atoms with van der Waals surface area (Å²) in [6.45, 7) is 12.6. The summed E-state index contributed by atoms with van der Waals surface area (Å²) in [5, 5.41) is 2.02. The third-order valence-corrected chi connectivity index (χ3v) is 9.31. The van der Waals surface area contributed by atoms with Crippen LogP contribution in [0.1, 0.15) is 76.8 Å². The molecule has 0 radical (unpaired) electrons. The van der Waals surface area contributed by atoms with E-state index in [2.05, 4.69) is 71.9 Å². The fraction of sp³-hybridized carbons (Fsp3) is 0.196. The Morgan fingerprint density at radius 1 is 0.309 bits per heavy atom. The lowest BCUT2D eigenvalue weighted by Gasteiger charge is -2.14. The molecule has 0 saturated carbocycles. The standard InChI is InChI=1S/C46H41N9/c1-27(2)38-47-39(28(3)4)50-43(49-38)33-21-15-22-34(25-33)44-52-42(31-18-11-8-12-19-31)54-46(55-44)37-26-35(24-32-20-13-14-23-36(32)37)45-51-40(29(5)6)48-41(53-45)30-16-9-7-10-17-30/h7-29H,1-6H3. The van der Waals surface area contributed by atoms with E-state index in [-0.39, 0.29) is 17.8 Å². The SMILES string of the molecule is CC(C)c1nc(-c2ccccc2)nc(-c2cc(-c3nc(-c4ccccc4)nc(-c4cccc(-c5nc(C(C)C)nc(C(C)C)n5)c4)n3)c3ccccc3c2)n1. The first-order valence-corrected chi connectivity index (χ1v) is 18.7. The second kappa shape index (κ2) is 15.0. The Hall–Kier alpha value is -6.61. The zero-order valence-electron chi connectivity index (χ0n) is 31.8. The minimum absolute atomic E-state index is 0.103. The summed E-state index contributed by atoms with van der Waals surface area (Å²) >= 11 is 0. The molecule has 3 aromatic heterocycles. The zero-order chi connectivity index (χ0) is 38.1. The molecule has 0 aliphatic carbocycles. The first-order chi connectivity index (χ1) is 26.7. The van der Waals surface area contributed by atoms with Gasteiger partial charge in [-0.1, -0.05) is 145 Å². The fourth-order valence-corrected chi connectivity index (χ4v) is 6.31. The first-order valence-electron chi connectivity index (χ1n) is 18.7. The van der Waals surface area contributed by atoms with Gasteiger partial charge in [-0.25, -0.2) is 44.9 Å². The van der Waals surface area contributed by atoms with Crippen molar-refractivity contribution in [2.45, 2.75) is 59.3 Å². The molecule has 0 amide bonds. The maximum atomic E-state index is 5.19. The lowest BCUT2D eigenvalue weighted by molar-refractivity contribution is 0.697. The lowest BCUT2D eigenvalue weighted by Crippen LogP contribution is -2.08. The van der Waals surface area contributed by atoms with E-state index in [1.807, 2.05) is 91.0 Å². The molecule has 0 bridgehead atoms. The number of fused-ring (bicyclic) bond motifs is 1. The summed E-state index contributed by atoms with van der Waals surface area (Å²) in [7, 11) is 0. The van der Waals surface area contributed by atoms with Crippen molar-refractivity contribution < 1.29 is 0 Å². The Bertz CT molecular complexity index is 2610. The van der Waals surface area contributed by atoms with Crippen LogP contribution in [0.5, 0.6) is 0 Å². The summed E-state index contributed by atoms with van der Waals surface area (Å²) in [6.07, 6.45) is 0. The Balaban J connectivity index is 1.32. The molecule has 55 heavy (non-hydrogen) atoms. The topological polar surface area (TPSA) is 116 Å². The predicted octanol–water partition coefficient (Wildman–Crippen LogP) is 10.8. The number of hydrogen-bond donors (Lipinski definition) is 0. The largest absolute Gasteiger partial charge is 0.217 e. The second-order valence-electron chi connectivity index (χ2n) is 14.5.